The number of aryl methyl sites for hydroxylation is 2. The van der Waals surface area contributed by atoms with E-state index in [1.54, 1.807) is 6.08 Å². The van der Waals surface area contributed by atoms with Gasteiger partial charge in [-0.2, -0.15) is 5.26 Å². The zero-order valence-corrected chi connectivity index (χ0v) is 19.0. The second kappa shape index (κ2) is 8.01. The Morgan fingerprint density at radius 1 is 1.20 bits per heavy atom. The van der Waals surface area contributed by atoms with Gasteiger partial charge in [-0.05, 0) is 75.6 Å². The van der Waals surface area contributed by atoms with Crippen molar-refractivity contribution >= 4 is 40.5 Å². The molecule has 1 N–H and O–H groups in total. The number of anilines is 2. The van der Waals surface area contributed by atoms with Crippen molar-refractivity contribution in [3.63, 3.8) is 0 Å². The Kier molecular flexibility index (Phi) is 5.78. The van der Waals surface area contributed by atoms with E-state index in [1.807, 2.05) is 57.3 Å². The van der Waals surface area contributed by atoms with Crippen LogP contribution in [0.25, 0.3) is 11.6 Å². The van der Waals surface area contributed by atoms with Crippen molar-refractivity contribution in [2.45, 2.75) is 40.2 Å². The minimum absolute atomic E-state index is 0.00273. The van der Waals surface area contributed by atoms with E-state index in [9.17, 15) is 10.1 Å². The van der Waals surface area contributed by atoms with Crippen LogP contribution in [0.15, 0.2) is 42.0 Å². The van der Waals surface area contributed by atoms with Crippen LogP contribution < -0.4 is 10.2 Å². The predicted octanol–water partition coefficient (Wildman–Crippen LogP) is 6.13. The monoisotopic (exact) mass is 419 g/mol. The number of nitrogens with zero attached hydrogens (tertiary/aromatic N) is 2. The molecule has 4 nitrogen and oxygen atoms in total. The van der Waals surface area contributed by atoms with Gasteiger partial charge in [0.25, 0.3) is 5.91 Å². The number of benzene rings is 2. The van der Waals surface area contributed by atoms with E-state index < -0.39 is 5.91 Å². The van der Waals surface area contributed by atoms with Crippen molar-refractivity contribution in [2.24, 2.45) is 0 Å². The number of carbonyl (C=O) groups excluding carboxylic acids is 1. The van der Waals surface area contributed by atoms with Crippen LogP contribution >= 0.6 is 11.6 Å². The Morgan fingerprint density at radius 2 is 1.90 bits per heavy atom. The van der Waals surface area contributed by atoms with E-state index in [0.29, 0.717) is 16.3 Å². The van der Waals surface area contributed by atoms with Gasteiger partial charge in [-0.1, -0.05) is 35.4 Å². The van der Waals surface area contributed by atoms with Gasteiger partial charge in [0.05, 0.1) is 5.54 Å². The molecule has 0 fully saturated rings. The second-order valence-electron chi connectivity index (χ2n) is 8.37. The number of hydrogen-bond acceptors (Lipinski definition) is 3. The summed E-state index contributed by atoms with van der Waals surface area (Å²) in [5.41, 5.74) is 6.47. The highest BCUT2D eigenvalue weighted by molar-refractivity contribution is 6.32. The average molecular weight is 420 g/mol. The summed E-state index contributed by atoms with van der Waals surface area (Å²) in [6, 6.07) is 11.6. The number of amides is 1. The van der Waals surface area contributed by atoms with Crippen LogP contribution in [0.4, 0.5) is 11.4 Å². The molecule has 1 aliphatic heterocycles. The fourth-order valence-corrected chi connectivity index (χ4v) is 3.96. The van der Waals surface area contributed by atoms with Gasteiger partial charge < -0.3 is 10.2 Å². The summed E-state index contributed by atoms with van der Waals surface area (Å²) < 4.78 is 0. The van der Waals surface area contributed by atoms with Crippen LogP contribution in [-0.4, -0.2) is 18.5 Å². The molecule has 0 unspecified atom stereocenters. The summed E-state index contributed by atoms with van der Waals surface area (Å²) in [7, 11) is 2.03. The van der Waals surface area contributed by atoms with Crippen molar-refractivity contribution in [3.05, 3.63) is 69.3 Å². The van der Waals surface area contributed by atoms with Crippen LogP contribution in [0.3, 0.4) is 0 Å². The van der Waals surface area contributed by atoms with Crippen LogP contribution in [-0.2, 0) is 4.79 Å². The van der Waals surface area contributed by atoms with Crippen molar-refractivity contribution < 1.29 is 4.79 Å². The van der Waals surface area contributed by atoms with Crippen molar-refractivity contribution in [1.82, 2.24) is 0 Å². The summed E-state index contributed by atoms with van der Waals surface area (Å²) >= 11 is 6.54. The minimum Gasteiger partial charge on any atom is -0.365 e. The Labute approximate surface area is 183 Å². The first kappa shape index (κ1) is 21.7. The molecule has 0 radical (unpaired) electrons. The number of carbonyl (C=O) groups is 1. The maximum absolute atomic E-state index is 12.7. The molecular weight excluding hydrogens is 394 g/mol. The Hall–Kier alpha value is -3.03. The van der Waals surface area contributed by atoms with Crippen LogP contribution in [0.1, 0.15) is 43.0 Å². The number of nitrogens with one attached hydrogen (secondary N) is 1. The first-order valence-corrected chi connectivity index (χ1v) is 10.2. The average Bonchev–Trinajstić information content (AvgIpc) is 2.66. The third-order valence-electron chi connectivity index (χ3n) is 5.63. The van der Waals surface area contributed by atoms with E-state index >= 15 is 0 Å². The quantitative estimate of drug-likeness (QED) is 0.480. The highest BCUT2D eigenvalue weighted by atomic mass is 35.5. The lowest BCUT2D eigenvalue weighted by Gasteiger charge is -2.40. The maximum atomic E-state index is 12.7. The van der Waals surface area contributed by atoms with Crippen LogP contribution in [0.2, 0.25) is 5.02 Å². The number of halogens is 1. The topological polar surface area (TPSA) is 56.1 Å². The lowest BCUT2D eigenvalue weighted by atomic mass is 9.88. The largest absolute Gasteiger partial charge is 0.365 e. The summed E-state index contributed by atoms with van der Waals surface area (Å²) in [4.78, 5) is 14.9. The van der Waals surface area contributed by atoms with E-state index in [0.717, 1.165) is 28.0 Å². The highest BCUT2D eigenvalue weighted by Crippen LogP contribution is 2.40. The van der Waals surface area contributed by atoms with Crippen molar-refractivity contribution in [1.29, 1.82) is 5.26 Å². The fourth-order valence-electron chi connectivity index (χ4n) is 3.75. The highest BCUT2D eigenvalue weighted by Gasteiger charge is 2.29. The zero-order chi connectivity index (χ0) is 22.2. The van der Waals surface area contributed by atoms with Gasteiger partial charge in [0, 0.05) is 29.0 Å². The molecule has 0 spiro atoms. The van der Waals surface area contributed by atoms with Gasteiger partial charge in [-0.25, -0.2) is 0 Å². The molecule has 2 aromatic rings. The van der Waals surface area contributed by atoms with E-state index in [1.165, 1.54) is 0 Å². The number of rotatable bonds is 3. The molecule has 3 rings (SSSR count). The normalized spacial score (nSPS) is 15.2. The van der Waals surface area contributed by atoms with Crippen LogP contribution in [0, 0.1) is 25.2 Å². The molecule has 0 saturated heterocycles. The van der Waals surface area contributed by atoms with Gasteiger partial charge >= 0.3 is 0 Å². The molecule has 1 aliphatic rings. The second-order valence-corrected chi connectivity index (χ2v) is 8.78. The smallest absolute Gasteiger partial charge is 0.266 e. The molecule has 0 atom stereocenters. The SMILES string of the molecule is CC1=CC(C)(C)N(C)c2cc(Cl)c(/C=C(/C#N)C(=O)Nc3ccc(C)cc3C)cc21. The Bertz CT molecular complexity index is 1140. The van der Waals surface area contributed by atoms with Gasteiger partial charge in [0.2, 0.25) is 0 Å². The first-order valence-electron chi connectivity index (χ1n) is 9.81. The molecule has 1 heterocycles. The zero-order valence-electron chi connectivity index (χ0n) is 18.2. The van der Waals surface area contributed by atoms with Crippen molar-refractivity contribution in [2.75, 3.05) is 17.3 Å². The van der Waals surface area contributed by atoms with Gasteiger partial charge in [0.1, 0.15) is 11.6 Å². The summed E-state index contributed by atoms with van der Waals surface area (Å²) in [5.74, 6) is -0.455. The molecule has 2 aromatic carbocycles. The summed E-state index contributed by atoms with van der Waals surface area (Å²) in [5, 5.41) is 12.9. The van der Waals surface area contributed by atoms with Crippen LogP contribution in [0.5, 0.6) is 0 Å². The Morgan fingerprint density at radius 3 is 2.53 bits per heavy atom. The number of hydrogen-bond donors (Lipinski definition) is 1. The van der Waals surface area contributed by atoms with E-state index in [2.05, 4.69) is 37.1 Å². The Balaban J connectivity index is 1.98. The minimum atomic E-state index is -0.455. The molecular formula is C25H26ClN3O. The van der Waals surface area contributed by atoms with Gasteiger partial charge in [-0.3, -0.25) is 4.79 Å². The standard InChI is InChI=1S/C25H26ClN3O/c1-15-7-8-22(16(2)9-15)28-24(30)19(14-27)10-18-11-20-17(3)13-25(4,5)29(6)23(20)12-21(18)26/h7-13H,1-6H3,(H,28,30)/b19-10-. The molecule has 30 heavy (non-hydrogen) atoms. The number of likely N-dealkylation sites (N-methyl/N-ethyl adjacent to an activating group) is 1. The first-order chi connectivity index (χ1) is 14.0. The number of fused-ring (bicyclic) bond motifs is 1. The molecule has 0 aromatic heterocycles. The predicted molar refractivity (Wildman–Crippen MR) is 126 cm³/mol. The molecule has 1 amide bonds. The maximum Gasteiger partial charge on any atom is 0.266 e. The van der Waals surface area contributed by atoms with Gasteiger partial charge in [0.15, 0.2) is 0 Å². The number of nitriles is 1. The summed E-state index contributed by atoms with van der Waals surface area (Å²) in [6.45, 7) is 10.3. The third kappa shape index (κ3) is 4.13. The third-order valence-corrected chi connectivity index (χ3v) is 5.96. The number of allylic oxidation sites excluding steroid dienone is 1. The molecule has 0 bridgehead atoms. The van der Waals surface area contributed by atoms with E-state index in [-0.39, 0.29) is 11.1 Å². The fraction of sp³-hybridized carbons (Fsp3) is 0.280. The molecule has 0 saturated carbocycles. The van der Waals surface area contributed by atoms with E-state index in [4.69, 9.17) is 11.6 Å². The molecule has 0 aliphatic carbocycles. The lowest BCUT2D eigenvalue weighted by Crippen LogP contribution is -2.42. The molecule has 154 valence electrons. The lowest BCUT2D eigenvalue weighted by molar-refractivity contribution is -0.112. The van der Waals surface area contributed by atoms with Gasteiger partial charge in [-0.15, -0.1) is 0 Å². The van der Waals surface area contributed by atoms with Crippen molar-refractivity contribution in [3.8, 4) is 6.07 Å². The summed E-state index contributed by atoms with van der Waals surface area (Å²) in [6.07, 6.45) is 3.75. The molecule has 5 heteroatoms.